The van der Waals surface area contributed by atoms with Gasteiger partial charge in [0.1, 0.15) is 30.4 Å². The molecule has 1 fully saturated rings. The summed E-state index contributed by atoms with van der Waals surface area (Å²) < 4.78 is 10.9. The molecule has 1 aliphatic rings. The summed E-state index contributed by atoms with van der Waals surface area (Å²) in [5.74, 6) is -4.49. The molecule has 3 atom stereocenters. The van der Waals surface area contributed by atoms with Crippen molar-refractivity contribution in [3.05, 3.63) is 0 Å². The van der Waals surface area contributed by atoms with Gasteiger partial charge in [0.15, 0.2) is 12.4 Å². The van der Waals surface area contributed by atoms with E-state index in [0.717, 1.165) is 0 Å². The maximum atomic E-state index is 12.9. The van der Waals surface area contributed by atoms with Crippen molar-refractivity contribution in [1.82, 2.24) is 26.3 Å². The highest BCUT2D eigenvalue weighted by Crippen LogP contribution is 2.38. The first-order valence-electron chi connectivity index (χ1n) is 16.5. The minimum absolute atomic E-state index is 0.0190. The number of hydroxylamine groups is 2. The van der Waals surface area contributed by atoms with Gasteiger partial charge in [0.05, 0.1) is 12.5 Å². The third kappa shape index (κ3) is 14.8. The number of ketones is 2. The molecule has 5 N–H and O–H groups in total. The molecule has 0 aromatic carbocycles. The fourth-order valence-corrected chi connectivity index (χ4v) is 5.72. The van der Waals surface area contributed by atoms with Gasteiger partial charge in [0, 0.05) is 30.5 Å². The van der Waals surface area contributed by atoms with Crippen LogP contribution in [0.25, 0.3) is 0 Å². The van der Waals surface area contributed by atoms with Crippen LogP contribution in [0.2, 0.25) is 0 Å². The Morgan fingerprint density at radius 1 is 0.771 bits per heavy atom. The first-order valence-corrected chi connectivity index (χ1v) is 16.5. The Kier molecular flexibility index (Phi) is 16.8. The third-order valence-electron chi connectivity index (χ3n) is 7.87. The van der Waals surface area contributed by atoms with Crippen LogP contribution in [0, 0.1) is 11.8 Å². The molecule has 0 saturated carbocycles. The summed E-state index contributed by atoms with van der Waals surface area (Å²) in [7, 11) is 1.53. The predicted octanol–water partition coefficient (Wildman–Crippen LogP) is 1.19. The van der Waals surface area contributed by atoms with Crippen molar-refractivity contribution in [2.24, 2.45) is 11.8 Å². The molecule has 0 aromatic rings. The van der Waals surface area contributed by atoms with Crippen LogP contribution < -0.4 is 21.3 Å². The summed E-state index contributed by atoms with van der Waals surface area (Å²) >= 11 is 0. The molecule has 15 heteroatoms. The largest absolute Gasteiger partial charge is 0.461 e. The van der Waals surface area contributed by atoms with Crippen LogP contribution >= 0.6 is 0 Å². The van der Waals surface area contributed by atoms with Gasteiger partial charge in [0.25, 0.3) is 0 Å². The van der Waals surface area contributed by atoms with Crippen molar-refractivity contribution < 1.29 is 48.2 Å². The van der Waals surface area contributed by atoms with Gasteiger partial charge in [-0.3, -0.25) is 28.8 Å². The fourth-order valence-electron chi connectivity index (χ4n) is 5.72. The number of carbonyl (C=O) groups excluding carboxylic acids is 7. The maximum absolute atomic E-state index is 12.9. The van der Waals surface area contributed by atoms with Crippen LogP contribution in [0.15, 0.2) is 0 Å². The summed E-state index contributed by atoms with van der Waals surface area (Å²) in [5, 5.41) is 22.1. The van der Waals surface area contributed by atoms with Crippen LogP contribution in [0.1, 0.15) is 101 Å². The second kappa shape index (κ2) is 18.9. The second-order valence-electron chi connectivity index (χ2n) is 14.7. The molecule has 0 aliphatic carbocycles. The number of esters is 2. The predicted molar refractivity (Wildman–Crippen MR) is 175 cm³/mol. The minimum Gasteiger partial charge on any atom is -0.461 e. The molecule has 1 saturated heterocycles. The molecular formula is C33H57N5O10. The van der Waals surface area contributed by atoms with Crippen molar-refractivity contribution in [2.45, 2.75) is 136 Å². The lowest BCUT2D eigenvalue weighted by Crippen LogP contribution is -2.61. The Morgan fingerprint density at radius 2 is 1.27 bits per heavy atom. The summed E-state index contributed by atoms with van der Waals surface area (Å²) in [6.45, 7) is 15.2. The zero-order chi connectivity index (χ0) is 37.0. The number of amides is 3. The average Bonchev–Trinajstić information content (AvgIpc) is 2.92. The highest BCUT2D eigenvalue weighted by Gasteiger charge is 2.46. The maximum Gasteiger partial charge on any atom is 0.329 e. The third-order valence-corrected chi connectivity index (χ3v) is 7.87. The lowest BCUT2D eigenvalue weighted by molar-refractivity contribution is -0.259. The van der Waals surface area contributed by atoms with Crippen molar-refractivity contribution in [2.75, 3.05) is 20.2 Å². The Morgan fingerprint density at radius 3 is 1.77 bits per heavy atom. The molecule has 1 rings (SSSR count). The normalized spacial score (nSPS) is 17.9. The van der Waals surface area contributed by atoms with E-state index in [2.05, 4.69) is 21.3 Å². The molecule has 1 heterocycles. The number of likely N-dealkylation sites (N-methyl/N-ethyl adjacent to an activating group) is 1. The van der Waals surface area contributed by atoms with Gasteiger partial charge >= 0.3 is 11.9 Å². The summed E-state index contributed by atoms with van der Waals surface area (Å²) in [4.78, 5) is 87.3. The Labute approximate surface area is 283 Å². The van der Waals surface area contributed by atoms with Gasteiger partial charge in [-0.15, -0.1) is 0 Å². The molecule has 0 aromatic heterocycles. The second-order valence-corrected chi connectivity index (χ2v) is 14.7. The number of rotatable bonds is 19. The smallest absolute Gasteiger partial charge is 0.329 e. The van der Waals surface area contributed by atoms with E-state index in [1.54, 1.807) is 0 Å². The molecule has 3 unspecified atom stereocenters. The summed E-state index contributed by atoms with van der Waals surface area (Å²) in [6, 6.07) is -3.01. The Bertz CT molecular complexity index is 1150. The highest BCUT2D eigenvalue weighted by molar-refractivity contribution is 6.00. The Hall–Kier alpha value is -3.43. The molecule has 3 amide bonds. The van der Waals surface area contributed by atoms with Gasteiger partial charge < -0.3 is 35.9 Å². The number of piperidine rings is 1. The van der Waals surface area contributed by atoms with Crippen LogP contribution in [0.4, 0.5) is 0 Å². The molecule has 15 nitrogen and oxygen atoms in total. The van der Waals surface area contributed by atoms with Crippen molar-refractivity contribution >= 4 is 41.2 Å². The number of nitrogens with one attached hydrogen (secondary N) is 4. The topological polar surface area (TPSA) is 210 Å². The van der Waals surface area contributed by atoms with Crippen LogP contribution in [-0.4, -0.2) is 107 Å². The first-order chi connectivity index (χ1) is 22.1. The fraction of sp³-hybridized carbons (Fsp3) is 0.788. The number of nitrogens with zero attached hydrogens (tertiary/aromatic N) is 1. The van der Waals surface area contributed by atoms with Crippen molar-refractivity contribution in [3.63, 3.8) is 0 Å². The van der Waals surface area contributed by atoms with Crippen molar-refractivity contribution in [1.29, 1.82) is 0 Å². The number of ether oxygens (including phenoxy) is 2. The molecule has 1 aliphatic heterocycles. The van der Waals surface area contributed by atoms with E-state index >= 15 is 0 Å². The van der Waals surface area contributed by atoms with Gasteiger partial charge in [-0.2, -0.15) is 5.06 Å². The summed E-state index contributed by atoms with van der Waals surface area (Å²) in [6.07, 6.45) is -0.212. The molecule has 274 valence electrons. The van der Waals surface area contributed by atoms with Gasteiger partial charge in [-0.1, -0.05) is 27.7 Å². The monoisotopic (exact) mass is 683 g/mol. The van der Waals surface area contributed by atoms with Crippen LogP contribution in [0.5, 0.6) is 0 Å². The molecule has 48 heavy (non-hydrogen) atoms. The van der Waals surface area contributed by atoms with Crippen molar-refractivity contribution in [3.8, 4) is 0 Å². The van der Waals surface area contributed by atoms with Gasteiger partial charge in [-0.05, 0) is 66.3 Å². The van der Waals surface area contributed by atoms with Gasteiger partial charge in [-0.25, -0.2) is 4.79 Å². The summed E-state index contributed by atoms with van der Waals surface area (Å²) in [5.41, 5.74) is -1.24. The first kappa shape index (κ1) is 42.6. The van der Waals surface area contributed by atoms with E-state index in [9.17, 15) is 38.8 Å². The number of hydrogen-bond acceptors (Lipinski definition) is 12. The zero-order valence-electron chi connectivity index (χ0n) is 30.2. The zero-order valence-corrected chi connectivity index (χ0v) is 30.2. The highest BCUT2D eigenvalue weighted by atomic mass is 16.6. The van der Waals surface area contributed by atoms with E-state index < -0.39 is 83.8 Å². The SMILES string of the molecule is CNC(CNC(=O)CC(=O)NC(CC(C)C)C(=O)OCC(=O)C(CC(C)C)NC(=O)CC(C)=O)C(=O)OC1CC(C)(C)N(O)C(C)(C)C1. The minimum atomic E-state index is -1.15. The molecular weight excluding hydrogens is 626 g/mol. The van der Waals surface area contributed by atoms with E-state index in [0.29, 0.717) is 12.8 Å². The van der Waals surface area contributed by atoms with Crippen LogP contribution in [0.3, 0.4) is 0 Å². The molecule has 0 radical (unpaired) electrons. The number of hydrogen-bond donors (Lipinski definition) is 5. The quantitative estimate of drug-likeness (QED) is 0.0961. The lowest BCUT2D eigenvalue weighted by Gasteiger charge is -2.51. The van der Waals surface area contributed by atoms with Crippen LogP contribution in [-0.2, 0) is 43.0 Å². The van der Waals surface area contributed by atoms with E-state index in [4.69, 9.17) is 9.47 Å². The number of Topliss-reactive ketones (excluding diaryl/α,β-unsaturated/α-hetero) is 2. The molecule has 0 spiro atoms. The average molecular weight is 684 g/mol. The molecule has 0 bridgehead atoms. The Balaban J connectivity index is 2.72. The lowest BCUT2D eigenvalue weighted by atomic mass is 9.80. The van der Waals surface area contributed by atoms with Gasteiger partial charge in [0.2, 0.25) is 17.7 Å². The van der Waals surface area contributed by atoms with E-state index in [1.807, 2.05) is 55.4 Å². The number of carbonyl (C=O) groups is 7. The van der Waals surface area contributed by atoms with E-state index in [1.165, 1.54) is 19.0 Å². The standard InChI is InChI=1S/C33H57N5O10/c1-19(2)11-23(36-28(42)13-21(5)39)26(40)18-47-30(44)24(12-20(3)4)37-29(43)14-27(41)35-17-25(34-10)31(45)48-22-15-32(6,7)38(46)33(8,9)16-22/h19-20,22-25,34,46H,11-18H2,1-10H3,(H,35,41)(H,36,42)(H,37,43). The van der Waals surface area contributed by atoms with E-state index in [-0.39, 0.29) is 43.4 Å².